The minimum atomic E-state index is -0.0540. The van der Waals surface area contributed by atoms with Crippen LogP contribution in [0.15, 0.2) is 5.11 Å². The Morgan fingerprint density at radius 3 is 1.74 bits per heavy atom. The summed E-state index contributed by atoms with van der Waals surface area (Å²) in [6.07, 6.45) is 24.5. The Morgan fingerprint density at radius 2 is 1.29 bits per heavy atom. The lowest BCUT2D eigenvalue weighted by molar-refractivity contribution is -0.148. The number of carbonyl (C=O) groups excluding carboxylic acids is 1. The molecule has 1 unspecified atom stereocenters. The van der Waals surface area contributed by atoms with Crippen LogP contribution in [-0.4, -0.2) is 12.3 Å². The Hall–Kier alpha value is -1.02. The highest BCUT2D eigenvalue weighted by Gasteiger charge is 2.55. The molecule has 4 rings (SSSR count). The van der Waals surface area contributed by atoms with Gasteiger partial charge in [0, 0.05) is 22.8 Å². The number of ketones is 1. The number of nitrogens with zero attached hydrogens (tertiary/aromatic N) is 3. The maximum Gasteiger partial charge on any atom is 0.142 e. The summed E-state index contributed by atoms with van der Waals surface area (Å²) in [6, 6.07) is 0. The third-order valence-electron chi connectivity index (χ3n) is 8.70. The molecular weight excluding hydrogens is 382 g/mol. The van der Waals surface area contributed by atoms with Crippen LogP contribution in [-0.2, 0) is 4.79 Å². The number of unbranched alkanes of at least 4 members (excludes halogenated alkanes) is 11. The van der Waals surface area contributed by atoms with Crippen LogP contribution in [0.5, 0.6) is 0 Å². The number of carbonyl (C=O) groups is 1. The Bertz CT molecular complexity index is 560. The van der Waals surface area contributed by atoms with E-state index in [4.69, 9.17) is 5.53 Å². The molecule has 31 heavy (non-hydrogen) atoms. The molecule has 1 atom stereocenters. The average molecular weight is 430 g/mol. The number of Topliss-reactive ketones (excluding diaryl/α,β-unsaturated/α-hetero) is 1. The maximum absolute atomic E-state index is 13.7. The van der Waals surface area contributed by atoms with Gasteiger partial charge in [0.1, 0.15) is 5.78 Å². The standard InChI is InChI=1S/C27H47N3O/c1-2-3-4-5-6-7-8-9-10-11-12-13-14-25(21-29-30-28)26(31)27-18-22-15-23(19-27)17-24(16-22)20-27/h22-25H,2-21H2,1H3. The molecule has 176 valence electrons. The summed E-state index contributed by atoms with van der Waals surface area (Å²) in [5.74, 6) is 2.82. The van der Waals surface area contributed by atoms with Gasteiger partial charge in [0.2, 0.25) is 0 Å². The lowest BCUT2D eigenvalue weighted by Crippen LogP contribution is -2.52. The number of hydrogen-bond acceptors (Lipinski definition) is 2. The summed E-state index contributed by atoms with van der Waals surface area (Å²) >= 11 is 0. The van der Waals surface area contributed by atoms with E-state index in [1.165, 1.54) is 89.9 Å². The molecule has 4 heteroatoms. The van der Waals surface area contributed by atoms with Gasteiger partial charge >= 0.3 is 0 Å². The highest BCUT2D eigenvalue weighted by Crippen LogP contribution is 2.61. The second kappa shape index (κ2) is 12.9. The molecule has 0 aliphatic heterocycles. The summed E-state index contributed by atoms with van der Waals surface area (Å²) in [5.41, 5.74) is 8.80. The van der Waals surface area contributed by atoms with Gasteiger partial charge in [-0.25, -0.2) is 0 Å². The number of hydrogen-bond donors (Lipinski definition) is 0. The number of rotatable bonds is 17. The van der Waals surface area contributed by atoms with Crippen molar-refractivity contribution in [3.8, 4) is 0 Å². The molecule has 4 aliphatic carbocycles. The first-order valence-electron chi connectivity index (χ1n) is 13.7. The predicted molar refractivity (Wildman–Crippen MR) is 129 cm³/mol. The van der Waals surface area contributed by atoms with E-state index in [9.17, 15) is 4.79 Å². The van der Waals surface area contributed by atoms with Crippen LogP contribution < -0.4 is 0 Å². The van der Waals surface area contributed by atoms with Gasteiger partial charge in [-0.2, -0.15) is 0 Å². The quantitative estimate of drug-likeness (QED) is 0.0985. The molecule has 0 radical (unpaired) electrons. The Labute approximate surface area is 191 Å². The Balaban J connectivity index is 1.33. The lowest BCUT2D eigenvalue weighted by Gasteiger charge is -2.56. The van der Waals surface area contributed by atoms with Gasteiger partial charge in [0.05, 0.1) is 0 Å². The van der Waals surface area contributed by atoms with Crippen LogP contribution in [0, 0.1) is 29.1 Å². The maximum atomic E-state index is 13.7. The lowest BCUT2D eigenvalue weighted by atomic mass is 9.47. The minimum Gasteiger partial charge on any atom is -0.299 e. The molecule has 0 N–H and O–H groups in total. The molecule has 0 aromatic carbocycles. The van der Waals surface area contributed by atoms with Crippen LogP contribution in [0.3, 0.4) is 0 Å². The second-order valence-corrected chi connectivity index (χ2v) is 11.4. The second-order valence-electron chi connectivity index (χ2n) is 11.4. The summed E-state index contributed by atoms with van der Waals surface area (Å²) in [7, 11) is 0. The van der Waals surface area contributed by atoms with Crippen molar-refractivity contribution in [2.24, 2.45) is 34.2 Å². The smallest absolute Gasteiger partial charge is 0.142 e. The first kappa shape index (κ1) is 24.6. The normalized spacial score (nSPS) is 29.6. The van der Waals surface area contributed by atoms with Crippen LogP contribution in [0.1, 0.15) is 129 Å². The van der Waals surface area contributed by atoms with Crippen molar-refractivity contribution >= 4 is 5.78 Å². The molecule has 4 aliphatic rings. The van der Waals surface area contributed by atoms with E-state index in [-0.39, 0.29) is 11.3 Å². The summed E-state index contributed by atoms with van der Waals surface area (Å²) in [6.45, 7) is 2.66. The molecule has 0 heterocycles. The van der Waals surface area contributed by atoms with E-state index < -0.39 is 0 Å². The Morgan fingerprint density at radius 1 is 0.839 bits per heavy atom. The highest BCUT2D eigenvalue weighted by atomic mass is 16.1. The summed E-state index contributed by atoms with van der Waals surface area (Å²) < 4.78 is 0. The van der Waals surface area contributed by atoms with E-state index in [1.807, 2.05) is 0 Å². The summed E-state index contributed by atoms with van der Waals surface area (Å²) in [4.78, 5) is 16.6. The fraction of sp³-hybridized carbons (Fsp3) is 0.963. The molecule has 4 nitrogen and oxygen atoms in total. The van der Waals surface area contributed by atoms with Crippen molar-refractivity contribution in [2.75, 3.05) is 6.54 Å². The van der Waals surface area contributed by atoms with Gasteiger partial charge in [0.15, 0.2) is 0 Å². The average Bonchev–Trinajstić information content (AvgIpc) is 2.75. The fourth-order valence-corrected chi connectivity index (χ4v) is 7.52. The van der Waals surface area contributed by atoms with Gasteiger partial charge in [-0.1, -0.05) is 89.1 Å². The van der Waals surface area contributed by atoms with Gasteiger partial charge < -0.3 is 0 Å². The van der Waals surface area contributed by atoms with Crippen molar-refractivity contribution in [1.82, 2.24) is 0 Å². The zero-order valence-electron chi connectivity index (χ0n) is 20.2. The third-order valence-corrected chi connectivity index (χ3v) is 8.70. The molecular formula is C27H47N3O. The van der Waals surface area contributed by atoms with Gasteiger partial charge in [-0.05, 0) is 68.2 Å². The number of azide groups is 1. The topological polar surface area (TPSA) is 65.8 Å². The first-order chi connectivity index (χ1) is 15.2. The molecule has 0 aromatic heterocycles. The predicted octanol–water partition coefficient (Wildman–Crippen LogP) is 8.79. The van der Waals surface area contributed by atoms with Crippen molar-refractivity contribution < 1.29 is 4.79 Å². The first-order valence-corrected chi connectivity index (χ1v) is 13.7. The van der Waals surface area contributed by atoms with Crippen LogP contribution in [0.25, 0.3) is 10.4 Å². The summed E-state index contributed by atoms with van der Waals surface area (Å²) in [5, 5.41) is 3.86. The Kier molecular flexibility index (Phi) is 10.2. The van der Waals surface area contributed by atoms with Crippen LogP contribution in [0.2, 0.25) is 0 Å². The largest absolute Gasteiger partial charge is 0.299 e. The van der Waals surface area contributed by atoms with Crippen molar-refractivity contribution in [3.05, 3.63) is 10.4 Å². The van der Waals surface area contributed by atoms with Crippen LogP contribution >= 0.6 is 0 Å². The zero-order chi connectivity index (χ0) is 21.9. The molecule has 0 amide bonds. The fourth-order valence-electron chi connectivity index (χ4n) is 7.52. The van der Waals surface area contributed by atoms with Crippen molar-refractivity contribution in [2.45, 2.75) is 129 Å². The van der Waals surface area contributed by atoms with E-state index in [0.29, 0.717) is 12.3 Å². The van der Waals surface area contributed by atoms with Gasteiger partial charge in [0.25, 0.3) is 0 Å². The molecule has 4 saturated carbocycles. The molecule has 0 spiro atoms. The monoisotopic (exact) mass is 429 g/mol. The van der Waals surface area contributed by atoms with E-state index >= 15 is 0 Å². The van der Waals surface area contributed by atoms with E-state index in [0.717, 1.165) is 49.9 Å². The third kappa shape index (κ3) is 7.24. The molecule has 0 aromatic rings. The zero-order valence-corrected chi connectivity index (χ0v) is 20.2. The van der Waals surface area contributed by atoms with Crippen LogP contribution in [0.4, 0.5) is 0 Å². The molecule has 0 saturated heterocycles. The minimum absolute atomic E-state index is 0.0322. The van der Waals surface area contributed by atoms with Gasteiger partial charge in [-0.3, -0.25) is 4.79 Å². The van der Waals surface area contributed by atoms with Gasteiger partial charge in [-0.15, -0.1) is 0 Å². The van der Waals surface area contributed by atoms with Crippen molar-refractivity contribution in [1.29, 1.82) is 0 Å². The van der Waals surface area contributed by atoms with E-state index in [2.05, 4.69) is 16.9 Å². The molecule has 4 fully saturated rings. The molecule has 4 bridgehead atoms. The van der Waals surface area contributed by atoms with Crippen molar-refractivity contribution in [3.63, 3.8) is 0 Å². The van der Waals surface area contributed by atoms with E-state index in [1.54, 1.807) is 0 Å². The SMILES string of the molecule is CCCCCCCCCCCCCCC(CN=[N+]=[N-])C(=O)C12CC3CC(CC(C3)C1)C2. The highest BCUT2D eigenvalue weighted by molar-refractivity contribution is 5.87.